The number of carbonyl (C=O) groups excluding carboxylic acids is 1. The van der Waals surface area contributed by atoms with Crippen LogP contribution in [0.5, 0.6) is 0 Å². The van der Waals surface area contributed by atoms with Gasteiger partial charge in [-0.1, -0.05) is 18.2 Å². The summed E-state index contributed by atoms with van der Waals surface area (Å²) in [6, 6.07) is 12.4. The summed E-state index contributed by atoms with van der Waals surface area (Å²) < 4.78 is 22.3. The van der Waals surface area contributed by atoms with Gasteiger partial charge in [0.05, 0.1) is 29.6 Å². The number of piperazine rings is 1. The summed E-state index contributed by atoms with van der Waals surface area (Å²) in [5, 5.41) is 2.92. The Morgan fingerprint density at radius 2 is 1.88 bits per heavy atom. The molecule has 0 unspecified atom stereocenters. The van der Waals surface area contributed by atoms with Crippen molar-refractivity contribution in [2.45, 2.75) is 0 Å². The lowest BCUT2D eigenvalue weighted by atomic mass is 10.2. The maximum absolute atomic E-state index is 13.9. The number of hydrogen-bond donors (Lipinski definition) is 1. The van der Waals surface area contributed by atoms with E-state index in [9.17, 15) is 9.18 Å². The number of nitrogens with zero attached hydrogens (tertiary/aromatic N) is 4. The molecule has 1 saturated heterocycles. The predicted octanol–water partition coefficient (Wildman–Crippen LogP) is 2.59. The summed E-state index contributed by atoms with van der Waals surface area (Å²) in [4.78, 5) is 16.5. The molecule has 0 atom stereocenters. The summed E-state index contributed by atoms with van der Waals surface area (Å²) in [5.41, 5.74) is 2.81. The lowest BCUT2D eigenvalue weighted by Crippen LogP contribution is -2.48. The smallest absolute Gasteiger partial charge is 0.238 e. The van der Waals surface area contributed by atoms with E-state index in [1.165, 1.54) is 6.07 Å². The fourth-order valence-corrected chi connectivity index (χ4v) is 3.70. The molecule has 1 aliphatic rings. The highest BCUT2D eigenvalue weighted by Gasteiger charge is 2.21. The van der Waals surface area contributed by atoms with Crippen LogP contribution in [-0.2, 0) is 4.79 Å². The van der Waals surface area contributed by atoms with Gasteiger partial charge in [-0.05, 0) is 24.3 Å². The Kier molecular flexibility index (Phi) is 4.77. The Morgan fingerprint density at radius 1 is 1.08 bits per heavy atom. The first kappa shape index (κ1) is 16.9. The van der Waals surface area contributed by atoms with Crippen molar-refractivity contribution >= 4 is 40.0 Å². The highest BCUT2D eigenvalue weighted by Crippen LogP contribution is 2.22. The molecule has 4 rings (SSSR count). The standard InChI is InChI=1S/C18H18FN5OS/c19-13-4-1-2-7-16(13)24-10-8-23(9-11-24)12-17(25)20-14-5-3-6-15-18(14)22-26-21-15/h1-7H,8-12H2,(H,20,25). The van der Waals surface area contributed by atoms with Gasteiger partial charge in [0.15, 0.2) is 0 Å². The minimum Gasteiger partial charge on any atom is -0.367 e. The molecule has 26 heavy (non-hydrogen) atoms. The van der Waals surface area contributed by atoms with Crippen LogP contribution in [0.25, 0.3) is 11.0 Å². The van der Waals surface area contributed by atoms with Crippen molar-refractivity contribution in [2.75, 3.05) is 42.9 Å². The van der Waals surface area contributed by atoms with Gasteiger partial charge >= 0.3 is 0 Å². The van der Waals surface area contributed by atoms with Crippen molar-refractivity contribution in [1.29, 1.82) is 0 Å². The van der Waals surface area contributed by atoms with E-state index in [0.29, 0.717) is 44.1 Å². The molecule has 0 saturated carbocycles. The number of nitrogens with one attached hydrogen (secondary N) is 1. The molecule has 8 heteroatoms. The molecule has 3 aromatic rings. The second kappa shape index (κ2) is 7.35. The zero-order chi connectivity index (χ0) is 17.9. The molecule has 1 fully saturated rings. The van der Waals surface area contributed by atoms with Crippen molar-refractivity contribution in [3.63, 3.8) is 0 Å². The zero-order valence-corrected chi connectivity index (χ0v) is 14.9. The number of carbonyl (C=O) groups is 1. The molecule has 0 aliphatic carbocycles. The number of amides is 1. The quantitative estimate of drug-likeness (QED) is 0.764. The number of rotatable bonds is 4. The van der Waals surface area contributed by atoms with Crippen LogP contribution < -0.4 is 10.2 Å². The number of anilines is 2. The van der Waals surface area contributed by atoms with Crippen LogP contribution in [-0.4, -0.2) is 52.3 Å². The fourth-order valence-electron chi connectivity index (χ4n) is 3.15. The van der Waals surface area contributed by atoms with E-state index in [-0.39, 0.29) is 11.7 Å². The second-order valence-electron chi connectivity index (χ2n) is 6.20. The molecular weight excluding hydrogens is 353 g/mol. The number of fused-ring (bicyclic) bond motifs is 1. The van der Waals surface area contributed by atoms with Gasteiger partial charge in [0.25, 0.3) is 0 Å². The van der Waals surface area contributed by atoms with E-state index >= 15 is 0 Å². The summed E-state index contributed by atoms with van der Waals surface area (Å²) in [6.07, 6.45) is 0. The van der Waals surface area contributed by atoms with E-state index in [1.54, 1.807) is 12.1 Å². The van der Waals surface area contributed by atoms with E-state index in [2.05, 4.69) is 19.0 Å². The number of benzene rings is 2. The summed E-state index contributed by atoms with van der Waals surface area (Å²) in [5.74, 6) is -0.284. The Morgan fingerprint density at radius 3 is 2.69 bits per heavy atom. The Labute approximate surface area is 154 Å². The van der Waals surface area contributed by atoms with Crippen molar-refractivity contribution in [3.05, 3.63) is 48.3 Å². The van der Waals surface area contributed by atoms with Crippen LogP contribution >= 0.6 is 11.7 Å². The third-order valence-electron chi connectivity index (χ3n) is 4.49. The Hall–Kier alpha value is -2.58. The molecule has 1 aromatic heterocycles. The van der Waals surface area contributed by atoms with Gasteiger partial charge in [0, 0.05) is 26.2 Å². The summed E-state index contributed by atoms with van der Waals surface area (Å²) >= 11 is 1.13. The number of hydrogen-bond acceptors (Lipinski definition) is 6. The highest BCUT2D eigenvalue weighted by atomic mass is 32.1. The van der Waals surface area contributed by atoms with Gasteiger partial charge in [0.1, 0.15) is 16.9 Å². The largest absolute Gasteiger partial charge is 0.367 e. The third kappa shape index (κ3) is 3.51. The number of aromatic nitrogens is 2. The minimum atomic E-state index is -0.205. The first-order valence-electron chi connectivity index (χ1n) is 8.44. The van der Waals surface area contributed by atoms with E-state index in [1.807, 2.05) is 29.2 Å². The maximum atomic E-state index is 13.9. The fraction of sp³-hybridized carbons (Fsp3) is 0.278. The molecule has 0 spiro atoms. The van der Waals surface area contributed by atoms with Crippen molar-refractivity contribution < 1.29 is 9.18 Å². The topological polar surface area (TPSA) is 61.4 Å². The molecule has 1 N–H and O–H groups in total. The molecule has 1 aliphatic heterocycles. The van der Waals surface area contributed by atoms with Crippen LogP contribution in [0.1, 0.15) is 0 Å². The van der Waals surface area contributed by atoms with E-state index in [0.717, 1.165) is 22.8 Å². The zero-order valence-electron chi connectivity index (χ0n) is 14.1. The van der Waals surface area contributed by atoms with E-state index in [4.69, 9.17) is 0 Å². The Balaban J connectivity index is 1.34. The monoisotopic (exact) mass is 371 g/mol. The normalized spacial score (nSPS) is 15.3. The molecule has 2 aromatic carbocycles. The number of halogens is 1. The number of para-hydroxylation sites is 1. The Bertz CT molecular complexity index is 923. The van der Waals surface area contributed by atoms with Gasteiger partial charge in [-0.3, -0.25) is 9.69 Å². The van der Waals surface area contributed by atoms with Gasteiger partial charge in [-0.25, -0.2) is 4.39 Å². The van der Waals surface area contributed by atoms with E-state index < -0.39 is 0 Å². The average Bonchev–Trinajstić information content (AvgIpc) is 3.13. The first-order chi connectivity index (χ1) is 12.7. The molecule has 0 radical (unpaired) electrons. The lowest BCUT2D eigenvalue weighted by Gasteiger charge is -2.35. The van der Waals surface area contributed by atoms with Crippen molar-refractivity contribution in [2.24, 2.45) is 0 Å². The lowest BCUT2D eigenvalue weighted by molar-refractivity contribution is -0.117. The maximum Gasteiger partial charge on any atom is 0.238 e. The van der Waals surface area contributed by atoms with Crippen molar-refractivity contribution in [1.82, 2.24) is 13.6 Å². The molecular formula is C18H18FN5OS. The average molecular weight is 371 g/mol. The molecule has 2 heterocycles. The first-order valence-corrected chi connectivity index (χ1v) is 9.17. The molecule has 134 valence electrons. The minimum absolute atomic E-state index is 0.0789. The van der Waals surface area contributed by atoms with Crippen LogP contribution in [0.4, 0.5) is 15.8 Å². The summed E-state index contributed by atoms with van der Waals surface area (Å²) in [6.45, 7) is 3.12. The predicted molar refractivity (Wildman–Crippen MR) is 101 cm³/mol. The van der Waals surface area contributed by atoms with Crippen LogP contribution in [0.3, 0.4) is 0 Å². The molecule has 1 amide bonds. The van der Waals surface area contributed by atoms with Gasteiger partial charge in [-0.2, -0.15) is 8.75 Å². The van der Waals surface area contributed by atoms with Crippen molar-refractivity contribution in [3.8, 4) is 0 Å². The van der Waals surface area contributed by atoms with Crippen LogP contribution in [0, 0.1) is 5.82 Å². The van der Waals surface area contributed by atoms with Crippen LogP contribution in [0.2, 0.25) is 0 Å². The second-order valence-corrected chi connectivity index (χ2v) is 6.73. The highest BCUT2D eigenvalue weighted by molar-refractivity contribution is 7.00. The van der Waals surface area contributed by atoms with Gasteiger partial charge < -0.3 is 10.2 Å². The van der Waals surface area contributed by atoms with Gasteiger partial charge in [-0.15, -0.1) is 0 Å². The van der Waals surface area contributed by atoms with Gasteiger partial charge in [0.2, 0.25) is 5.91 Å². The molecule has 6 nitrogen and oxygen atoms in total. The summed E-state index contributed by atoms with van der Waals surface area (Å²) in [7, 11) is 0. The van der Waals surface area contributed by atoms with Crippen LogP contribution in [0.15, 0.2) is 42.5 Å². The third-order valence-corrected chi connectivity index (χ3v) is 5.04. The molecule has 0 bridgehead atoms. The SMILES string of the molecule is O=C(CN1CCN(c2ccccc2F)CC1)Nc1cccc2nsnc12.